The van der Waals surface area contributed by atoms with Crippen LogP contribution in [0.1, 0.15) is 20.3 Å². The third-order valence-corrected chi connectivity index (χ3v) is 2.61. The van der Waals surface area contributed by atoms with Crippen LogP contribution in [0.3, 0.4) is 0 Å². The van der Waals surface area contributed by atoms with Crippen molar-refractivity contribution in [2.75, 3.05) is 13.1 Å². The number of alkyl halides is 3. The zero-order valence-corrected chi connectivity index (χ0v) is 8.77. The molecular formula is C9H15F3N2O. The summed E-state index contributed by atoms with van der Waals surface area (Å²) >= 11 is 0. The molecule has 0 saturated carbocycles. The van der Waals surface area contributed by atoms with Crippen molar-refractivity contribution in [1.82, 2.24) is 4.90 Å². The van der Waals surface area contributed by atoms with Gasteiger partial charge in [0.25, 0.3) is 0 Å². The Labute approximate surface area is 86.4 Å². The Bertz CT molecular complexity index is 263. The van der Waals surface area contributed by atoms with Crippen molar-refractivity contribution in [2.24, 2.45) is 11.1 Å². The standard InChI is InChI=1S/C9H15F3N2O/c1-8(2)3-4-14(5-8)7(15)6(13)9(10,11)12/h6H,3-5,13H2,1-2H3/t6-/m0/s1. The van der Waals surface area contributed by atoms with Crippen molar-refractivity contribution < 1.29 is 18.0 Å². The van der Waals surface area contributed by atoms with E-state index < -0.39 is 18.1 Å². The van der Waals surface area contributed by atoms with E-state index in [1.807, 2.05) is 13.8 Å². The first-order valence-electron chi connectivity index (χ1n) is 4.74. The Morgan fingerprint density at radius 2 is 2.00 bits per heavy atom. The van der Waals surface area contributed by atoms with Gasteiger partial charge in [-0.05, 0) is 11.8 Å². The number of hydrogen-bond donors (Lipinski definition) is 1. The molecule has 0 bridgehead atoms. The molecule has 0 aromatic rings. The molecule has 0 aliphatic carbocycles. The molecule has 1 amide bonds. The summed E-state index contributed by atoms with van der Waals surface area (Å²) in [4.78, 5) is 12.6. The van der Waals surface area contributed by atoms with E-state index in [0.29, 0.717) is 19.5 Å². The maximum Gasteiger partial charge on any atom is 0.412 e. The quantitative estimate of drug-likeness (QED) is 0.725. The number of amides is 1. The molecule has 15 heavy (non-hydrogen) atoms. The third-order valence-electron chi connectivity index (χ3n) is 2.61. The summed E-state index contributed by atoms with van der Waals surface area (Å²) in [5.74, 6) is -1.02. The number of halogens is 3. The van der Waals surface area contributed by atoms with Crippen LogP contribution in [0, 0.1) is 5.41 Å². The predicted octanol–water partition coefficient (Wildman–Crippen LogP) is 1.13. The third kappa shape index (κ3) is 2.84. The van der Waals surface area contributed by atoms with Crippen molar-refractivity contribution in [3.8, 4) is 0 Å². The summed E-state index contributed by atoms with van der Waals surface area (Å²) in [6.07, 6.45) is -3.94. The molecule has 3 nitrogen and oxygen atoms in total. The number of nitrogens with two attached hydrogens (primary N) is 1. The molecule has 0 unspecified atom stereocenters. The van der Waals surface area contributed by atoms with Gasteiger partial charge in [-0.15, -0.1) is 0 Å². The summed E-state index contributed by atoms with van der Waals surface area (Å²) in [5.41, 5.74) is 4.74. The molecule has 1 aliphatic rings. The molecule has 0 aromatic heterocycles. The van der Waals surface area contributed by atoms with Crippen LogP contribution in [0.4, 0.5) is 13.2 Å². The highest BCUT2D eigenvalue weighted by atomic mass is 19.4. The summed E-state index contributed by atoms with van der Waals surface area (Å²) in [6, 6.07) is -2.38. The maximum atomic E-state index is 12.2. The number of nitrogens with zero attached hydrogens (tertiary/aromatic N) is 1. The summed E-state index contributed by atoms with van der Waals surface area (Å²) in [5, 5.41) is 0. The fourth-order valence-corrected chi connectivity index (χ4v) is 1.64. The van der Waals surface area contributed by atoms with Crippen LogP contribution in [-0.4, -0.2) is 36.1 Å². The lowest BCUT2D eigenvalue weighted by molar-refractivity contribution is -0.169. The minimum absolute atomic E-state index is 0.110. The molecule has 0 spiro atoms. The monoisotopic (exact) mass is 224 g/mol. The summed E-state index contributed by atoms with van der Waals surface area (Å²) in [6.45, 7) is 4.53. The fraction of sp³-hybridized carbons (Fsp3) is 0.889. The second-order valence-electron chi connectivity index (χ2n) is 4.69. The first kappa shape index (κ1) is 12.3. The minimum atomic E-state index is -4.65. The Hall–Kier alpha value is -0.780. The smallest absolute Gasteiger partial charge is 0.340 e. The van der Waals surface area contributed by atoms with E-state index in [0.717, 1.165) is 0 Å². The van der Waals surface area contributed by atoms with Crippen molar-refractivity contribution in [1.29, 1.82) is 0 Å². The Kier molecular flexibility index (Phi) is 3.00. The van der Waals surface area contributed by atoms with Gasteiger partial charge in [0.05, 0.1) is 0 Å². The lowest BCUT2D eigenvalue weighted by atomic mass is 9.93. The molecule has 1 rings (SSSR count). The second kappa shape index (κ2) is 3.66. The zero-order valence-electron chi connectivity index (χ0n) is 8.77. The van der Waals surface area contributed by atoms with Gasteiger partial charge < -0.3 is 10.6 Å². The van der Waals surface area contributed by atoms with Crippen molar-refractivity contribution >= 4 is 5.91 Å². The van der Waals surface area contributed by atoms with E-state index in [1.165, 1.54) is 4.90 Å². The lowest BCUT2D eigenvalue weighted by Gasteiger charge is -2.24. The highest BCUT2D eigenvalue weighted by molar-refractivity contribution is 5.82. The Balaban J connectivity index is 2.64. The number of hydrogen-bond acceptors (Lipinski definition) is 2. The van der Waals surface area contributed by atoms with Crippen molar-refractivity contribution in [3.05, 3.63) is 0 Å². The van der Waals surface area contributed by atoms with Crippen LogP contribution in [0.5, 0.6) is 0 Å². The minimum Gasteiger partial charge on any atom is -0.340 e. The molecule has 2 N–H and O–H groups in total. The maximum absolute atomic E-state index is 12.2. The molecular weight excluding hydrogens is 209 g/mol. The molecule has 1 saturated heterocycles. The van der Waals surface area contributed by atoms with Crippen molar-refractivity contribution in [3.63, 3.8) is 0 Å². The van der Waals surface area contributed by atoms with Gasteiger partial charge in [0.2, 0.25) is 5.91 Å². The van der Waals surface area contributed by atoms with Gasteiger partial charge in [-0.25, -0.2) is 0 Å². The van der Waals surface area contributed by atoms with Gasteiger partial charge in [0.1, 0.15) is 0 Å². The SMILES string of the molecule is CC1(C)CCN(C(=O)[C@H](N)C(F)(F)F)C1. The van der Waals surface area contributed by atoms with Gasteiger partial charge >= 0.3 is 6.18 Å². The second-order valence-corrected chi connectivity index (χ2v) is 4.69. The molecule has 1 fully saturated rings. The van der Waals surface area contributed by atoms with Crippen LogP contribution >= 0.6 is 0 Å². The molecule has 0 radical (unpaired) electrons. The number of likely N-dealkylation sites (tertiary alicyclic amines) is 1. The van der Waals surface area contributed by atoms with Gasteiger partial charge in [0, 0.05) is 13.1 Å². The van der Waals surface area contributed by atoms with Crippen LogP contribution in [-0.2, 0) is 4.79 Å². The number of carbonyl (C=O) groups is 1. The first-order valence-corrected chi connectivity index (χ1v) is 4.74. The summed E-state index contributed by atoms with van der Waals surface area (Å²) < 4.78 is 36.5. The topological polar surface area (TPSA) is 46.3 Å². The molecule has 88 valence electrons. The van der Waals surface area contributed by atoms with Gasteiger partial charge in [0.15, 0.2) is 6.04 Å². The fourth-order valence-electron chi connectivity index (χ4n) is 1.64. The van der Waals surface area contributed by atoms with E-state index in [2.05, 4.69) is 0 Å². The zero-order chi connectivity index (χ0) is 11.9. The van der Waals surface area contributed by atoms with Crippen LogP contribution in [0.15, 0.2) is 0 Å². The van der Waals surface area contributed by atoms with E-state index in [4.69, 9.17) is 5.73 Å². The van der Waals surface area contributed by atoms with Crippen LogP contribution in [0.2, 0.25) is 0 Å². The summed E-state index contributed by atoms with van der Waals surface area (Å²) in [7, 11) is 0. The normalized spacial score (nSPS) is 22.9. The van der Waals surface area contributed by atoms with E-state index in [-0.39, 0.29) is 5.41 Å². The Morgan fingerprint density at radius 1 is 1.47 bits per heavy atom. The highest BCUT2D eigenvalue weighted by Crippen LogP contribution is 2.30. The molecule has 1 heterocycles. The van der Waals surface area contributed by atoms with E-state index in [9.17, 15) is 18.0 Å². The van der Waals surface area contributed by atoms with Gasteiger partial charge in [-0.2, -0.15) is 13.2 Å². The average molecular weight is 224 g/mol. The lowest BCUT2D eigenvalue weighted by Crippen LogP contribution is -2.51. The first-order chi connectivity index (χ1) is 6.63. The van der Waals surface area contributed by atoms with Crippen LogP contribution < -0.4 is 5.73 Å². The molecule has 0 aromatic carbocycles. The number of carbonyl (C=O) groups excluding carboxylic acids is 1. The van der Waals surface area contributed by atoms with E-state index in [1.54, 1.807) is 0 Å². The van der Waals surface area contributed by atoms with E-state index >= 15 is 0 Å². The highest BCUT2D eigenvalue weighted by Gasteiger charge is 2.45. The number of rotatable bonds is 1. The molecule has 1 aliphatic heterocycles. The predicted molar refractivity (Wildman–Crippen MR) is 49.0 cm³/mol. The van der Waals surface area contributed by atoms with Crippen molar-refractivity contribution in [2.45, 2.75) is 32.5 Å². The Morgan fingerprint density at radius 3 is 2.33 bits per heavy atom. The van der Waals surface area contributed by atoms with Gasteiger partial charge in [-0.1, -0.05) is 13.8 Å². The van der Waals surface area contributed by atoms with Gasteiger partial charge in [-0.3, -0.25) is 4.79 Å². The molecule has 6 heteroatoms. The van der Waals surface area contributed by atoms with Crippen LogP contribution in [0.25, 0.3) is 0 Å². The average Bonchev–Trinajstić information content (AvgIpc) is 2.42. The largest absolute Gasteiger partial charge is 0.412 e. The molecule has 1 atom stereocenters.